The topological polar surface area (TPSA) is 212 Å². The Kier molecular flexibility index (Phi) is 6.77. The van der Waals surface area contributed by atoms with Crippen LogP contribution in [0.3, 0.4) is 0 Å². The van der Waals surface area contributed by atoms with Crippen molar-refractivity contribution in [1.29, 1.82) is 0 Å². The van der Waals surface area contributed by atoms with E-state index in [1.807, 2.05) is 0 Å². The zero-order chi connectivity index (χ0) is 23.7. The summed E-state index contributed by atoms with van der Waals surface area (Å²) in [5.41, 5.74) is 19.4. The molecule has 8 N–H and O–H groups in total. The number of hydrazone groups is 1. The molecule has 1 aromatic rings. The molecule has 2 aliphatic rings. The normalized spacial score (nSPS) is 23.4. The van der Waals surface area contributed by atoms with Gasteiger partial charge in [-0.2, -0.15) is 5.10 Å². The fourth-order valence-electron chi connectivity index (χ4n) is 3.24. The Morgan fingerprint density at radius 2 is 2.09 bits per heavy atom. The van der Waals surface area contributed by atoms with Crippen LogP contribution in [0.4, 0.5) is 5.13 Å². The van der Waals surface area contributed by atoms with Crippen LogP contribution in [-0.2, 0) is 19.2 Å². The number of carbonyl (C=O) groups excluding carboxylic acids is 2. The number of aromatic nitrogens is 1. The molecule has 1 amide bonds. The Labute approximate surface area is 194 Å². The fraction of sp³-hybridized carbons (Fsp3) is 0.312. The SMILES string of the molecule is CNN=C(C(N)=S)C1=C(C(=O)O)N2C(=O)C(C(=O)/C(=N\OC)c3csc(N)n3)[C@H]2SC1N. The van der Waals surface area contributed by atoms with E-state index in [-0.39, 0.29) is 32.8 Å². The van der Waals surface area contributed by atoms with Crippen molar-refractivity contribution in [3.63, 3.8) is 0 Å². The van der Waals surface area contributed by atoms with Gasteiger partial charge >= 0.3 is 5.97 Å². The molecule has 32 heavy (non-hydrogen) atoms. The zero-order valence-electron chi connectivity index (χ0n) is 16.6. The van der Waals surface area contributed by atoms with Crippen LogP contribution in [0.1, 0.15) is 5.69 Å². The largest absolute Gasteiger partial charge is 0.477 e. The van der Waals surface area contributed by atoms with Gasteiger partial charge in [0, 0.05) is 18.0 Å². The number of nitrogens with one attached hydrogen (secondary N) is 1. The smallest absolute Gasteiger partial charge is 0.353 e. The van der Waals surface area contributed by atoms with E-state index in [0.717, 1.165) is 28.0 Å². The van der Waals surface area contributed by atoms with E-state index < -0.39 is 40.0 Å². The minimum Gasteiger partial charge on any atom is -0.477 e. The molecule has 1 fully saturated rings. The second-order valence-corrected chi connectivity index (χ2v) is 8.90. The first kappa shape index (κ1) is 23.6. The molecule has 2 unspecified atom stereocenters. The highest BCUT2D eigenvalue weighted by molar-refractivity contribution is 8.00. The number of nitrogen functional groups attached to an aromatic ring is 1. The molecular weight excluding hydrogens is 480 g/mol. The van der Waals surface area contributed by atoms with Crippen LogP contribution in [0.5, 0.6) is 0 Å². The van der Waals surface area contributed by atoms with Crippen molar-refractivity contribution < 1.29 is 24.3 Å². The Balaban J connectivity index is 2.04. The van der Waals surface area contributed by atoms with E-state index >= 15 is 0 Å². The molecule has 0 aliphatic carbocycles. The Bertz CT molecular complexity index is 1100. The van der Waals surface area contributed by atoms with Gasteiger partial charge in [0.15, 0.2) is 10.8 Å². The highest BCUT2D eigenvalue weighted by Gasteiger charge is 2.59. The van der Waals surface area contributed by atoms with Crippen molar-refractivity contribution in [1.82, 2.24) is 15.3 Å². The van der Waals surface area contributed by atoms with Gasteiger partial charge in [0.2, 0.25) is 11.7 Å². The molecule has 3 rings (SSSR count). The van der Waals surface area contributed by atoms with E-state index in [2.05, 4.69) is 20.7 Å². The van der Waals surface area contributed by atoms with Crippen molar-refractivity contribution >= 4 is 74.5 Å². The summed E-state index contributed by atoms with van der Waals surface area (Å²) in [5, 5.41) is 17.3. The molecule has 170 valence electrons. The second-order valence-electron chi connectivity index (χ2n) is 6.31. The molecule has 2 aliphatic heterocycles. The average molecular weight is 499 g/mol. The molecule has 1 saturated heterocycles. The van der Waals surface area contributed by atoms with Gasteiger partial charge in [-0.05, 0) is 0 Å². The van der Waals surface area contributed by atoms with Crippen molar-refractivity contribution in [2.24, 2.45) is 27.6 Å². The van der Waals surface area contributed by atoms with E-state index in [1.54, 1.807) is 0 Å². The number of thiocarbonyl (C=S) groups is 1. The predicted octanol–water partition coefficient (Wildman–Crippen LogP) is -1.34. The minimum absolute atomic E-state index is 0.0297. The first-order valence-electron chi connectivity index (χ1n) is 8.76. The molecule has 16 heteroatoms. The maximum Gasteiger partial charge on any atom is 0.353 e. The number of hydrogen-bond acceptors (Lipinski definition) is 13. The summed E-state index contributed by atoms with van der Waals surface area (Å²) in [6.07, 6.45) is 0. The van der Waals surface area contributed by atoms with Gasteiger partial charge in [-0.25, -0.2) is 9.78 Å². The molecular formula is C16H18N8O5S3. The third kappa shape index (κ3) is 3.92. The third-order valence-electron chi connectivity index (χ3n) is 4.49. The number of rotatable bonds is 8. The number of Topliss-reactive ketones (excluding diaryl/α,β-unsaturated/α-hetero) is 1. The number of ketones is 1. The Morgan fingerprint density at radius 3 is 2.59 bits per heavy atom. The number of carboxylic acid groups (broad SMARTS) is 1. The first-order valence-corrected chi connectivity index (χ1v) is 11.0. The van der Waals surface area contributed by atoms with Gasteiger partial charge in [-0.3, -0.25) is 14.5 Å². The number of carbonyl (C=O) groups is 3. The fourth-order valence-corrected chi connectivity index (χ4v) is 5.33. The van der Waals surface area contributed by atoms with E-state index in [4.69, 9.17) is 34.3 Å². The Morgan fingerprint density at radius 1 is 1.41 bits per heavy atom. The lowest BCUT2D eigenvalue weighted by molar-refractivity contribution is -0.155. The molecule has 0 bridgehead atoms. The molecule has 0 aromatic carbocycles. The van der Waals surface area contributed by atoms with Crippen LogP contribution in [-0.4, -0.2) is 74.0 Å². The number of carboxylic acids is 1. The zero-order valence-corrected chi connectivity index (χ0v) is 19.1. The number of anilines is 1. The molecule has 0 radical (unpaired) electrons. The third-order valence-corrected chi connectivity index (χ3v) is 6.65. The summed E-state index contributed by atoms with van der Waals surface area (Å²) in [5.74, 6) is -4.16. The number of β-lactam (4-membered cyclic amide) rings is 1. The molecule has 13 nitrogen and oxygen atoms in total. The summed E-state index contributed by atoms with van der Waals surface area (Å²) in [6.45, 7) is 0. The molecule has 0 saturated carbocycles. The number of nitrogens with zero attached hydrogens (tertiary/aromatic N) is 4. The average Bonchev–Trinajstić information content (AvgIpc) is 3.15. The number of oxime groups is 1. The highest BCUT2D eigenvalue weighted by atomic mass is 32.2. The Hall–Kier alpha value is -3.08. The van der Waals surface area contributed by atoms with Gasteiger partial charge < -0.3 is 32.6 Å². The van der Waals surface area contributed by atoms with Crippen LogP contribution in [0.25, 0.3) is 0 Å². The molecule has 3 heterocycles. The van der Waals surface area contributed by atoms with Crippen LogP contribution in [0.2, 0.25) is 0 Å². The van der Waals surface area contributed by atoms with E-state index in [9.17, 15) is 19.5 Å². The summed E-state index contributed by atoms with van der Waals surface area (Å²) in [4.78, 5) is 47.8. The molecule has 0 spiro atoms. The number of thioether (sulfide) groups is 1. The summed E-state index contributed by atoms with van der Waals surface area (Å²) >= 11 is 7.04. The van der Waals surface area contributed by atoms with Gasteiger partial charge in [-0.15, -0.1) is 23.1 Å². The number of thiazole rings is 1. The van der Waals surface area contributed by atoms with Crippen molar-refractivity contribution in [2.75, 3.05) is 19.9 Å². The summed E-state index contributed by atoms with van der Waals surface area (Å²) in [6, 6.07) is 0. The van der Waals surface area contributed by atoms with Gasteiger partial charge in [0.1, 0.15) is 40.5 Å². The van der Waals surface area contributed by atoms with E-state index in [1.165, 1.54) is 19.5 Å². The summed E-state index contributed by atoms with van der Waals surface area (Å²) < 4.78 is 0. The number of amides is 1. The monoisotopic (exact) mass is 498 g/mol. The van der Waals surface area contributed by atoms with Crippen LogP contribution >= 0.6 is 35.3 Å². The standard InChI is InChI=1S/C16H18N8O5S3/c1-20-22-8(11(17)30)5-9(15(27)28)24-13(26)6(14(24)32-12(5)18)10(25)7(23-29-2)4-3-31-16(19)21-4/h3,6,12,14,20H,18H2,1-2H3,(H2,17,30)(H2,19,21)(H,27,28)/b22-8?,23-7-/t6?,12?,14-/m1/s1. The molecule has 1 aromatic heterocycles. The maximum atomic E-state index is 13.2. The van der Waals surface area contributed by atoms with Crippen LogP contribution < -0.4 is 22.6 Å². The highest BCUT2D eigenvalue weighted by Crippen LogP contribution is 2.46. The lowest BCUT2D eigenvalue weighted by Crippen LogP contribution is -2.66. The predicted molar refractivity (Wildman–Crippen MR) is 123 cm³/mol. The van der Waals surface area contributed by atoms with Gasteiger partial charge in [0.05, 0.1) is 5.37 Å². The first-order chi connectivity index (χ1) is 15.1. The summed E-state index contributed by atoms with van der Waals surface area (Å²) in [7, 11) is 2.70. The lowest BCUT2D eigenvalue weighted by atomic mass is 9.87. The van der Waals surface area contributed by atoms with Gasteiger partial charge in [0.25, 0.3) is 0 Å². The van der Waals surface area contributed by atoms with Crippen molar-refractivity contribution in [3.8, 4) is 0 Å². The molecule has 3 atom stereocenters. The minimum atomic E-state index is -1.45. The van der Waals surface area contributed by atoms with Crippen LogP contribution in [0, 0.1) is 5.92 Å². The number of fused-ring (bicyclic) bond motifs is 1. The van der Waals surface area contributed by atoms with Crippen LogP contribution in [0.15, 0.2) is 26.9 Å². The van der Waals surface area contributed by atoms with Crippen molar-refractivity contribution in [2.45, 2.75) is 10.7 Å². The van der Waals surface area contributed by atoms with Gasteiger partial charge in [-0.1, -0.05) is 17.4 Å². The lowest BCUT2D eigenvalue weighted by Gasteiger charge is -2.50. The number of hydrogen-bond donors (Lipinski definition) is 5. The van der Waals surface area contributed by atoms with E-state index in [0.29, 0.717) is 0 Å². The maximum absolute atomic E-state index is 13.2. The quantitative estimate of drug-likeness (QED) is 0.0926. The number of aliphatic carboxylic acids is 1. The number of nitrogens with two attached hydrogens (primary N) is 3. The van der Waals surface area contributed by atoms with Crippen molar-refractivity contribution in [3.05, 3.63) is 22.3 Å². The second kappa shape index (κ2) is 9.19.